The zero-order chi connectivity index (χ0) is 23.6. The number of sulfonamides is 1. The molecule has 0 spiro atoms. The molecule has 1 aliphatic heterocycles. The monoisotopic (exact) mass is 552 g/mol. The Morgan fingerprint density at radius 1 is 1.12 bits per heavy atom. The topological polar surface area (TPSA) is 112 Å². The van der Waals surface area contributed by atoms with E-state index in [-0.39, 0.29) is 22.0 Å². The third kappa shape index (κ3) is 5.23. The quantitative estimate of drug-likeness (QED) is 0.455. The summed E-state index contributed by atoms with van der Waals surface area (Å²) in [4.78, 5) is 19.8. The molecule has 33 heavy (non-hydrogen) atoms. The third-order valence-electron chi connectivity index (χ3n) is 5.18. The van der Waals surface area contributed by atoms with Crippen molar-refractivity contribution in [2.75, 3.05) is 47.8 Å². The van der Waals surface area contributed by atoms with E-state index in [2.05, 4.69) is 47.6 Å². The highest BCUT2D eigenvalue weighted by molar-refractivity contribution is 9.10. The Bertz CT molecular complexity index is 1260. The number of carboxylic acids is 1. The first-order valence-electron chi connectivity index (χ1n) is 9.92. The van der Waals surface area contributed by atoms with Gasteiger partial charge in [0.05, 0.1) is 18.4 Å². The summed E-state index contributed by atoms with van der Waals surface area (Å²) in [7, 11) is -2.63. The van der Waals surface area contributed by atoms with Gasteiger partial charge in [-0.3, -0.25) is 4.72 Å². The molecule has 1 aromatic heterocycles. The molecule has 0 unspecified atom stereocenters. The lowest BCUT2D eigenvalue weighted by Gasteiger charge is -2.36. The molecule has 0 radical (unpaired) electrons. The molecule has 3 aromatic rings. The number of anilines is 3. The second-order valence-corrected chi connectivity index (χ2v) is 10.6. The number of aromatic carboxylic acids is 1. The minimum Gasteiger partial charge on any atom is -0.495 e. The molecule has 0 amide bonds. The fourth-order valence-electron chi connectivity index (χ4n) is 3.43. The van der Waals surface area contributed by atoms with Gasteiger partial charge in [-0.15, -0.1) is 11.3 Å². The van der Waals surface area contributed by atoms with Crippen LogP contribution in [0.1, 0.15) is 10.4 Å². The van der Waals surface area contributed by atoms with E-state index in [1.54, 1.807) is 0 Å². The highest BCUT2D eigenvalue weighted by Crippen LogP contribution is 2.30. The maximum Gasteiger partial charge on any atom is 0.335 e. The maximum absolute atomic E-state index is 12.9. The van der Waals surface area contributed by atoms with Crippen molar-refractivity contribution in [1.29, 1.82) is 0 Å². The van der Waals surface area contributed by atoms with Crippen molar-refractivity contribution in [1.82, 2.24) is 4.98 Å². The fraction of sp³-hybridized carbons (Fsp3) is 0.238. The van der Waals surface area contributed by atoms with E-state index >= 15 is 0 Å². The van der Waals surface area contributed by atoms with Gasteiger partial charge >= 0.3 is 5.97 Å². The van der Waals surface area contributed by atoms with E-state index in [0.29, 0.717) is 5.13 Å². The predicted octanol–water partition coefficient (Wildman–Crippen LogP) is 3.74. The molecule has 0 atom stereocenters. The van der Waals surface area contributed by atoms with Crippen LogP contribution in [-0.4, -0.2) is 57.8 Å². The number of rotatable bonds is 7. The number of hydrogen-bond donors (Lipinski definition) is 2. The van der Waals surface area contributed by atoms with Gasteiger partial charge in [0.15, 0.2) is 10.2 Å². The van der Waals surface area contributed by atoms with Gasteiger partial charge in [-0.25, -0.2) is 9.78 Å². The number of piperazine rings is 1. The van der Waals surface area contributed by atoms with Crippen LogP contribution in [0.15, 0.2) is 57.3 Å². The smallest absolute Gasteiger partial charge is 0.335 e. The van der Waals surface area contributed by atoms with Gasteiger partial charge < -0.3 is 19.6 Å². The van der Waals surface area contributed by atoms with Crippen LogP contribution in [0.25, 0.3) is 0 Å². The van der Waals surface area contributed by atoms with E-state index in [4.69, 9.17) is 9.84 Å². The standard InChI is InChI=1S/C21H21BrN4O5S2/c1-31-18-12-14(20(27)28)2-7-17(18)24-33(29,30)19-13-32-21(23-19)26-10-8-25(9-11-26)16-5-3-15(22)4-6-16/h2-7,12-13,24H,8-11H2,1H3,(H,27,28). The van der Waals surface area contributed by atoms with Gasteiger partial charge in [0, 0.05) is 41.7 Å². The molecule has 0 aliphatic carbocycles. The number of hydrogen-bond acceptors (Lipinski definition) is 8. The molecule has 12 heteroatoms. The second kappa shape index (κ2) is 9.57. The average Bonchev–Trinajstić information content (AvgIpc) is 3.31. The van der Waals surface area contributed by atoms with Crippen molar-refractivity contribution in [3.63, 3.8) is 0 Å². The zero-order valence-corrected chi connectivity index (χ0v) is 20.8. The lowest BCUT2D eigenvalue weighted by Crippen LogP contribution is -2.46. The van der Waals surface area contributed by atoms with Gasteiger partial charge in [0.1, 0.15) is 5.75 Å². The lowest BCUT2D eigenvalue weighted by molar-refractivity contribution is 0.0696. The largest absolute Gasteiger partial charge is 0.495 e. The number of thiazole rings is 1. The lowest BCUT2D eigenvalue weighted by atomic mass is 10.2. The van der Waals surface area contributed by atoms with Crippen molar-refractivity contribution >= 4 is 59.8 Å². The zero-order valence-electron chi connectivity index (χ0n) is 17.6. The Labute approximate surface area is 203 Å². The third-order valence-corrected chi connectivity index (χ3v) is 8.01. The Morgan fingerprint density at radius 2 is 1.79 bits per heavy atom. The normalized spacial score (nSPS) is 14.2. The van der Waals surface area contributed by atoms with Crippen LogP contribution in [-0.2, 0) is 10.0 Å². The summed E-state index contributed by atoms with van der Waals surface area (Å²) in [5.74, 6) is -1.02. The van der Waals surface area contributed by atoms with E-state index in [0.717, 1.165) is 36.3 Å². The highest BCUT2D eigenvalue weighted by Gasteiger charge is 2.24. The number of carboxylic acid groups (broad SMARTS) is 1. The van der Waals surface area contributed by atoms with Crippen molar-refractivity contribution < 1.29 is 23.1 Å². The molecule has 1 aliphatic rings. The van der Waals surface area contributed by atoms with Crippen LogP contribution >= 0.6 is 27.3 Å². The Morgan fingerprint density at radius 3 is 2.42 bits per heavy atom. The number of ether oxygens (including phenoxy) is 1. The molecule has 4 rings (SSSR count). The molecule has 9 nitrogen and oxygen atoms in total. The summed E-state index contributed by atoms with van der Waals surface area (Å²) in [5, 5.41) is 11.2. The first-order chi connectivity index (χ1) is 15.8. The first-order valence-corrected chi connectivity index (χ1v) is 13.1. The summed E-state index contributed by atoms with van der Waals surface area (Å²) in [6, 6.07) is 12.1. The molecular weight excluding hydrogens is 532 g/mol. The van der Waals surface area contributed by atoms with Gasteiger partial charge in [-0.1, -0.05) is 15.9 Å². The number of nitrogens with zero attached hydrogens (tertiary/aromatic N) is 3. The average molecular weight is 553 g/mol. The molecule has 2 aromatic carbocycles. The van der Waals surface area contributed by atoms with E-state index < -0.39 is 16.0 Å². The minimum atomic E-state index is -3.97. The molecule has 1 saturated heterocycles. The van der Waals surface area contributed by atoms with Gasteiger partial charge in [-0.2, -0.15) is 8.42 Å². The van der Waals surface area contributed by atoms with E-state index in [9.17, 15) is 13.2 Å². The molecule has 0 bridgehead atoms. The summed E-state index contributed by atoms with van der Waals surface area (Å²) in [6.45, 7) is 3.05. The van der Waals surface area contributed by atoms with Crippen molar-refractivity contribution in [2.24, 2.45) is 0 Å². The summed E-state index contributed by atoms with van der Waals surface area (Å²) in [5.41, 5.74) is 1.28. The van der Waals surface area contributed by atoms with Crippen molar-refractivity contribution in [2.45, 2.75) is 5.03 Å². The van der Waals surface area contributed by atoms with Crippen LogP contribution in [0.2, 0.25) is 0 Å². The van der Waals surface area contributed by atoms with Crippen LogP contribution in [0.5, 0.6) is 5.75 Å². The number of methoxy groups -OCH3 is 1. The van der Waals surface area contributed by atoms with Gasteiger partial charge in [0.25, 0.3) is 10.0 Å². The van der Waals surface area contributed by atoms with Gasteiger partial charge in [-0.05, 0) is 42.5 Å². The number of benzene rings is 2. The van der Waals surface area contributed by atoms with Crippen LogP contribution < -0.4 is 19.3 Å². The van der Waals surface area contributed by atoms with Crippen molar-refractivity contribution in [3.8, 4) is 5.75 Å². The summed E-state index contributed by atoms with van der Waals surface area (Å²) >= 11 is 4.72. The summed E-state index contributed by atoms with van der Waals surface area (Å²) in [6.07, 6.45) is 0. The maximum atomic E-state index is 12.9. The Balaban J connectivity index is 1.45. The van der Waals surface area contributed by atoms with Crippen LogP contribution in [0.3, 0.4) is 0 Å². The molecular formula is C21H21BrN4O5S2. The van der Waals surface area contributed by atoms with Crippen LogP contribution in [0.4, 0.5) is 16.5 Å². The number of nitrogens with one attached hydrogen (secondary N) is 1. The second-order valence-electron chi connectivity index (χ2n) is 7.24. The predicted molar refractivity (Wildman–Crippen MR) is 131 cm³/mol. The number of halogens is 1. The van der Waals surface area contributed by atoms with Crippen molar-refractivity contribution in [3.05, 3.63) is 57.9 Å². The number of carbonyl (C=O) groups is 1. The van der Waals surface area contributed by atoms with E-state index in [1.165, 1.54) is 42.0 Å². The Kier molecular flexibility index (Phi) is 6.77. The molecule has 2 heterocycles. The molecule has 1 fully saturated rings. The molecule has 2 N–H and O–H groups in total. The molecule has 174 valence electrons. The fourth-order valence-corrected chi connectivity index (χ4v) is 5.92. The molecule has 0 saturated carbocycles. The minimum absolute atomic E-state index is 0.00646. The van der Waals surface area contributed by atoms with E-state index in [1.807, 2.05) is 12.1 Å². The first kappa shape index (κ1) is 23.3. The Hall–Kier alpha value is -2.83. The van der Waals surface area contributed by atoms with Crippen LogP contribution in [0, 0.1) is 0 Å². The summed E-state index contributed by atoms with van der Waals surface area (Å²) < 4.78 is 34.4. The number of aromatic nitrogens is 1. The highest BCUT2D eigenvalue weighted by atomic mass is 79.9. The SMILES string of the molecule is COc1cc(C(=O)O)ccc1NS(=O)(=O)c1csc(N2CCN(c3ccc(Br)cc3)CC2)n1. The van der Waals surface area contributed by atoms with Gasteiger partial charge in [0.2, 0.25) is 0 Å².